The summed E-state index contributed by atoms with van der Waals surface area (Å²) in [6.45, 7) is 8.33. The van der Waals surface area contributed by atoms with Gasteiger partial charge < -0.3 is 4.74 Å². The Hall–Kier alpha value is -3.44. The van der Waals surface area contributed by atoms with Gasteiger partial charge >= 0.3 is 0 Å². The summed E-state index contributed by atoms with van der Waals surface area (Å²) >= 11 is 6.45. The molecule has 2 heterocycles. The van der Waals surface area contributed by atoms with Crippen LogP contribution in [0.15, 0.2) is 66.9 Å². The summed E-state index contributed by atoms with van der Waals surface area (Å²) in [5.74, 6) is 0.428. The summed E-state index contributed by atoms with van der Waals surface area (Å²) in [6.07, 6.45) is 6.32. The minimum atomic E-state index is -0.395. The van der Waals surface area contributed by atoms with Gasteiger partial charge in [0.15, 0.2) is 0 Å². The van der Waals surface area contributed by atoms with Crippen molar-refractivity contribution in [3.8, 4) is 11.6 Å². The predicted octanol–water partition coefficient (Wildman–Crippen LogP) is 6.91. The van der Waals surface area contributed by atoms with Crippen LogP contribution in [0.4, 0.5) is 0 Å². The maximum absolute atomic E-state index is 12.6. The number of ether oxygens (including phenoxy) is 1. The molecule has 1 aliphatic heterocycles. The van der Waals surface area contributed by atoms with Gasteiger partial charge in [-0.2, -0.15) is 0 Å². The van der Waals surface area contributed by atoms with Crippen molar-refractivity contribution in [2.75, 3.05) is 0 Å². The van der Waals surface area contributed by atoms with Crippen LogP contribution in [-0.4, -0.2) is 27.7 Å². The van der Waals surface area contributed by atoms with E-state index in [1.165, 1.54) is 4.90 Å². The SMILES string of the molecule is CCC(C)(C)c1ccc(Oc2ccc(C=C[C@H](C)N3C(=O)c4ccccc4C3=O)cn2)c(Cl)c1. The van der Waals surface area contributed by atoms with E-state index < -0.39 is 6.04 Å². The van der Waals surface area contributed by atoms with E-state index in [9.17, 15) is 9.59 Å². The number of aromatic nitrogens is 1. The lowest BCUT2D eigenvalue weighted by Crippen LogP contribution is -2.36. The third kappa shape index (κ3) is 4.62. The second-order valence-corrected chi connectivity index (χ2v) is 9.45. The molecule has 3 aromatic rings. The molecule has 2 aromatic carbocycles. The lowest BCUT2D eigenvalue weighted by molar-refractivity contribution is 0.0625. The molecule has 1 aliphatic rings. The molecule has 5 nitrogen and oxygen atoms in total. The molecule has 0 fully saturated rings. The van der Waals surface area contributed by atoms with Crippen LogP contribution >= 0.6 is 11.6 Å². The molecule has 2 amide bonds. The summed E-state index contributed by atoms with van der Waals surface area (Å²) in [7, 11) is 0. The number of hydrogen-bond acceptors (Lipinski definition) is 4. The van der Waals surface area contributed by atoms with E-state index in [0.717, 1.165) is 17.5 Å². The van der Waals surface area contributed by atoms with Crippen molar-refractivity contribution in [3.63, 3.8) is 0 Å². The Morgan fingerprint density at radius 2 is 1.74 bits per heavy atom. The van der Waals surface area contributed by atoms with Crippen LogP contribution in [0.3, 0.4) is 0 Å². The average molecular weight is 475 g/mol. The molecule has 0 unspecified atom stereocenters. The molecule has 0 N–H and O–H groups in total. The van der Waals surface area contributed by atoms with E-state index in [2.05, 4.69) is 25.8 Å². The van der Waals surface area contributed by atoms with Gasteiger partial charge in [0.05, 0.1) is 22.2 Å². The normalized spacial score (nSPS) is 14.6. The number of carbonyl (C=O) groups excluding carboxylic acids is 2. The average Bonchev–Trinajstić information content (AvgIpc) is 3.09. The zero-order valence-corrected chi connectivity index (χ0v) is 20.5. The first kappa shape index (κ1) is 23.7. The highest BCUT2D eigenvalue weighted by Gasteiger charge is 2.37. The Balaban J connectivity index is 1.43. The molecule has 174 valence electrons. The van der Waals surface area contributed by atoms with Gasteiger partial charge in [0, 0.05) is 12.3 Å². The lowest BCUT2D eigenvalue weighted by Gasteiger charge is -2.23. The Morgan fingerprint density at radius 3 is 2.29 bits per heavy atom. The summed E-state index contributed by atoms with van der Waals surface area (Å²) in [4.78, 5) is 30.9. The third-order valence-corrected chi connectivity index (χ3v) is 6.67. The van der Waals surface area contributed by atoms with Gasteiger partial charge in [0.1, 0.15) is 5.75 Å². The molecule has 0 spiro atoms. The second-order valence-electron chi connectivity index (χ2n) is 9.04. The molecule has 1 aromatic heterocycles. The van der Waals surface area contributed by atoms with Crippen LogP contribution in [0.5, 0.6) is 11.6 Å². The molecule has 0 saturated heterocycles. The van der Waals surface area contributed by atoms with Crippen molar-refractivity contribution >= 4 is 29.5 Å². The quantitative estimate of drug-likeness (QED) is 0.349. The molecule has 4 rings (SSSR count). The predicted molar refractivity (Wildman–Crippen MR) is 135 cm³/mol. The number of rotatable bonds is 7. The van der Waals surface area contributed by atoms with Crippen molar-refractivity contribution in [2.24, 2.45) is 0 Å². The Morgan fingerprint density at radius 1 is 1.06 bits per heavy atom. The molecule has 0 aliphatic carbocycles. The number of imide groups is 1. The smallest absolute Gasteiger partial charge is 0.262 e. The topological polar surface area (TPSA) is 59.5 Å². The fraction of sp³-hybridized carbons (Fsp3) is 0.250. The van der Waals surface area contributed by atoms with E-state index >= 15 is 0 Å². The monoisotopic (exact) mass is 474 g/mol. The van der Waals surface area contributed by atoms with Crippen molar-refractivity contribution in [2.45, 2.75) is 45.6 Å². The standard InChI is InChI=1S/C28H27ClN2O3/c1-5-28(3,4)20-13-14-24(23(29)16-20)34-25-15-12-19(17-30-25)11-10-18(2)31-26(32)21-8-6-7-9-22(21)27(31)33/h6-18H,5H2,1-4H3/t18-/m0/s1. The zero-order valence-electron chi connectivity index (χ0n) is 19.7. The van der Waals surface area contributed by atoms with E-state index in [4.69, 9.17) is 16.3 Å². The van der Waals surface area contributed by atoms with Gasteiger partial charge in [-0.05, 0) is 60.2 Å². The van der Waals surface area contributed by atoms with Gasteiger partial charge in [-0.15, -0.1) is 0 Å². The van der Waals surface area contributed by atoms with E-state index in [0.29, 0.717) is 27.8 Å². The number of hydrogen-bond donors (Lipinski definition) is 0. The fourth-order valence-electron chi connectivity index (χ4n) is 3.79. The summed E-state index contributed by atoms with van der Waals surface area (Å²) in [6, 6.07) is 15.9. The van der Waals surface area contributed by atoms with Gasteiger partial charge in [0.25, 0.3) is 11.8 Å². The van der Waals surface area contributed by atoms with Crippen LogP contribution < -0.4 is 4.74 Å². The van der Waals surface area contributed by atoms with Crippen LogP contribution in [0.25, 0.3) is 6.08 Å². The lowest BCUT2D eigenvalue weighted by atomic mass is 9.82. The van der Waals surface area contributed by atoms with Crippen LogP contribution in [0.1, 0.15) is 66.0 Å². The fourth-order valence-corrected chi connectivity index (χ4v) is 4.01. The highest BCUT2D eigenvalue weighted by atomic mass is 35.5. The summed E-state index contributed by atoms with van der Waals surface area (Å²) in [5, 5.41) is 0.541. The summed E-state index contributed by atoms with van der Waals surface area (Å²) < 4.78 is 5.87. The van der Waals surface area contributed by atoms with Gasteiger partial charge in [-0.1, -0.05) is 62.7 Å². The number of carbonyl (C=O) groups is 2. The van der Waals surface area contributed by atoms with Crippen molar-refractivity contribution in [3.05, 3.63) is 94.1 Å². The maximum Gasteiger partial charge on any atom is 0.262 e. The number of halogens is 1. The highest BCUT2D eigenvalue weighted by molar-refractivity contribution is 6.32. The largest absolute Gasteiger partial charge is 0.437 e. The van der Waals surface area contributed by atoms with Crippen molar-refractivity contribution in [1.29, 1.82) is 0 Å². The van der Waals surface area contributed by atoms with E-state index in [1.54, 1.807) is 36.5 Å². The number of fused-ring (bicyclic) bond motifs is 1. The van der Waals surface area contributed by atoms with Crippen molar-refractivity contribution in [1.82, 2.24) is 9.88 Å². The first-order valence-electron chi connectivity index (χ1n) is 11.3. The number of pyridine rings is 1. The zero-order chi connectivity index (χ0) is 24.5. The van der Waals surface area contributed by atoms with Gasteiger partial charge in [-0.25, -0.2) is 4.98 Å². The number of amides is 2. The molecule has 34 heavy (non-hydrogen) atoms. The Kier molecular flexibility index (Phi) is 6.58. The molecule has 6 heteroatoms. The molecule has 1 atom stereocenters. The van der Waals surface area contributed by atoms with Crippen LogP contribution in [-0.2, 0) is 5.41 Å². The first-order chi connectivity index (χ1) is 16.2. The Bertz CT molecular complexity index is 1230. The van der Waals surface area contributed by atoms with Gasteiger partial charge in [0.2, 0.25) is 5.88 Å². The minimum absolute atomic E-state index is 0.0403. The van der Waals surface area contributed by atoms with Crippen LogP contribution in [0, 0.1) is 0 Å². The molecular weight excluding hydrogens is 448 g/mol. The molecule has 0 bridgehead atoms. The second kappa shape index (κ2) is 9.43. The third-order valence-electron chi connectivity index (χ3n) is 6.37. The van der Waals surface area contributed by atoms with Crippen molar-refractivity contribution < 1.29 is 14.3 Å². The van der Waals surface area contributed by atoms with Gasteiger partial charge in [-0.3, -0.25) is 14.5 Å². The number of nitrogens with zero attached hydrogens (tertiary/aromatic N) is 2. The van der Waals surface area contributed by atoms with E-state index in [1.807, 2.05) is 43.3 Å². The van der Waals surface area contributed by atoms with Crippen LogP contribution in [0.2, 0.25) is 5.02 Å². The van der Waals surface area contributed by atoms with E-state index in [-0.39, 0.29) is 17.2 Å². The molecular formula is C28H27ClN2O3. The summed E-state index contributed by atoms with van der Waals surface area (Å²) in [5.41, 5.74) is 2.91. The first-order valence-corrected chi connectivity index (χ1v) is 11.7. The number of benzene rings is 2. The maximum atomic E-state index is 12.6. The molecule has 0 radical (unpaired) electrons. The Labute approximate surface area is 205 Å². The minimum Gasteiger partial charge on any atom is -0.437 e. The highest BCUT2D eigenvalue weighted by Crippen LogP contribution is 2.35. The molecule has 0 saturated carbocycles.